The van der Waals surface area contributed by atoms with Crippen LogP contribution in [0, 0.1) is 11.3 Å². The largest absolute Gasteiger partial charge is 0.161 e. The Labute approximate surface area is 82.5 Å². The SMILES string of the molecule is CCC(C)(CC)CSCC(C)C. The van der Waals surface area contributed by atoms with Gasteiger partial charge in [0.2, 0.25) is 0 Å². The Morgan fingerprint density at radius 1 is 1.17 bits per heavy atom. The first-order chi connectivity index (χ1) is 5.54. The molecule has 0 nitrogen and oxygen atoms in total. The summed E-state index contributed by atoms with van der Waals surface area (Å²) in [6.07, 6.45) is 2.63. The standard InChI is InChI=1S/C11H24S/c1-6-11(5,7-2)9-12-8-10(3)4/h10H,6-9H2,1-5H3. The minimum absolute atomic E-state index is 0.583. The van der Waals surface area contributed by atoms with E-state index in [0.29, 0.717) is 5.41 Å². The van der Waals surface area contributed by atoms with Gasteiger partial charge in [-0.05, 0) is 35.7 Å². The fourth-order valence-corrected chi connectivity index (χ4v) is 2.49. The minimum Gasteiger partial charge on any atom is -0.161 e. The normalized spacial score (nSPS) is 12.5. The van der Waals surface area contributed by atoms with E-state index in [1.54, 1.807) is 0 Å². The lowest BCUT2D eigenvalue weighted by Crippen LogP contribution is -2.17. The Kier molecular flexibility index (Phi) is 6.08. The van der Waals surface area contributed by atoms with Crippen molar-refractivity contribution in [3.05, 3.63) is 0 Å². The molecular weight excluding hydrogens is 164 g/mol. The molecule has 0 atom stereocenters. The molecule has 0 unspecified atom stereocenters. The molecule has 0 bridgehead atoms. The maximum absolute atomic E-state index is 2.40. The summed E-state index contributed by atoms with van der Waals surface area (Å²) in [6, 6.07) is 0. The first-order valence-electron chi connectivity index (χ1n) is 5.12. The summed E-state index contributed by atoms with van der Waals surface area (Å²) in [6.45, 7) is 11.6. The van der Waals surface area contributed by atoms with Gasteiger partial charge in [-0.2, -0.15) is 11.8 Å². The van der Waals surface area contributed by atoms with Gasteiger partial charge in [0.15, 0.2) is 0 Å². The second kappa shape index (κ2) is 5.90. The molecule has 0 amide bonds. The van der Waals surface area contributed by atoms with Crippen molar-refractivity contribution in [1.29, 1.82) is 0 Å². The molecule has 0 spiro atoms. The van der Waals surface area contributed by atoms with E-state index >= 15 is 0 Å². The average Bonchev–Trinajstić information content (AvgIpc) is 2.03. The number of rotatable bonds is 6. The fraction of sp³-hybridized carbons (Fsp3) is 1.00. The highest BCUT2D eigenvalue weighted by atomic mass is 32.2. The van der Waals surface area contributed by atoms with Gasteiger partial charge in [0.05, 0.1) is 0 Å². The van der Waals surface area contributed by atoms with E-state index in [1.165, 1.54) is 24.3 Å². The van der Waals surface area contributed by atoms with Gasteiger partial charge < -0.3 is 0 Å². The zero-order chi connectivity index (χ0) is 9.61. The maximum Gasteiger partial charge on any atom is -0.00136 e. The van der Waals surface area contributed by atoms with Gasteiger partial charge in [-0.25, -0.2) is 0 Å². The highest BCUT2D eigenvalue weighted by Gasteiger charge is 2.19. The Morgan fingerprint density at radius 3 is 2.00 bits per heavy atom. The first-order valence-corrected chi connectivity index (χ1v) is 6.27. The summed E-state index contributed by atoms with van der Waals surface area (Å²) in [4.78, 5) is 0. The predicted molar refractivity (Wildman–Crippen MR) is 60.9 cm³/mol. The second-order valence-electron chi connectivity index (χ2n) is 4.43. The Morgan fingerprint density at radius 2 is 1.67 bits per heavy atom. The van der Waals surface area contributed by atoms with Crippen LogP contribution in [0.2, 0.25) is 0 Å². The lowest BCUT2D eigenvalue weighted by Gasteiger charge is -2.26. The first kappa shape index (κ1) is 12.3. The Balaban J connectivity index is 3.58. The van der Waals surface area contributed by atoms with Crippen LogP contribution in [0.1, 0.15) is 47.5 Å². The van der Waals surface area contributed by atoms with Gasteiger partial charge in [0, 0.05) is 0 Å². The van der Waals surface area contributed by atoms with Crippen LogP contribution >= 0.6 is 11.8 Å². The molecule has 1 heteroatoms. The summed E-state index contributed by atoms with van der Waals surface area (Å²) in [5.74, 6) is 3.49. The van der Waals surface area contributed by atoms with E-state index in [2.05, 4.69) is 46.4 Å². The Bertz CT molecular complexity index is 104. The molecule has 0 aliphatic carbocycles. The fourth-order valence-electron chi connectivity index (χ4n) is 0.995. The number of hydrogen-bond donors (Lipinski definition) is 0. The second-order valence-corrected chi connectivity index (χ2v) is 5.46. The third-order valence-electron chi connectivity index (χ3n) is 2.61. The molecule has 0 aliphatic heterocycles. The maximum atomic E-state index is 2.40. The van der Waals surface area contributed by atoms with Gasteiger partial charge in [-0.1, -0.05) is 34.6 Å². The van der Waals surface area contributed by atoms with Crippen molar-refractivity contribution in [2.24, 2.45) is 11.3 Å². The molecule has 0 aromatic carbocycles. The molecule has 0 saturated heterocycles. The Hall–Kier alpha value is 0.350. The molecule has 0 aromatic rings. The van der Waals surface area contributed by atoms with Gasteiger partial charge >= 0.3 is 0 Å². The minimum atomic E-state index is 0.583. The molecule has 0 fully saturated rings. The van der Waals surface area contributed by atoms with E-state index in [0.717, 1.165) is 5.92 Å². The molecule has 12 heavy (non-hydrogen) atoms. The molecule has 0 radical (unpaired) electrons. The average molecular weight is 188 g/mol. The monoisotopic (exact) mass is 188 g/mol. The van der Waals surface area contributed by atoms with Crippen LogP contribution in [0.5, 0.6) is 0 Å². The number of hydrogen-bond acceptors (Lipinski definition) is 1. The van der Waals surface area contributed by atoms with Crippen molar-refractivity contribution in [3.63, 3.8) is 0 Å². The van der Waals surface area contributed by atoms with Crippen LogP contribution in [-0.2, 0) is 0 Å². The quantitative estimate of drug-likeness (QED) is 0.602. The van der Waals surface area contributed by atoms with Crippen LogP contribution in [-0.4, -0.2) is 11.5 Å². The summed E-state index contributed by atoms with van der Waals surface area (Å²) in [7, 11) is 0. The van der Waals surface area contributed by atoms with Crippen molar-refractivity contribution < 1.29 is 0 Å². The molecular formula is C11H24S. The molecule has 0 rings (SSSR count). The molecule has 0 aliphatic rings. The van der Waals surface area contributed by atoms with Crippen molar-refractivity contribution >= 4 is 11.8 Å². The van der Waals surface area contributed by atoms with E-state index in [-0.39, 0.29) is 0 Å². The van der Waals surface area contributed by atoms with Crippen LogP contribution in [0.3, 0.4) is 0 Å². The smallest absolute Gasteiger partial charge is 0.00136 e. The number of thioether (sulfide) groups is 1. The van der Waals surface area contributed by atoms with Crippen LogP contribution in [0.25, 0.3) is 0 Å². The topological polar surface area (TPSA) is 0 Å². The van der Waals surface area contributed by atoms with Crippen molar-refractivity contribution in [2.45, 2.75) is 47.5 Å². The summed E-state index contributed by atoms with van der Waals surface area (Å²) >= 11 is 2.12. The van der Waals surface area contributed by atoms with Gasteiger partial charge in [-0.3, -0.25) is 0 Å². The summed E-state index contributed by atoms with van der Waals surface area (Å²) in [5, 5.41) is 0. The molecule has 74 valence electrons. The van der Waals surface area contributed by atoms with E-state index in [9.17, 15) is 0 Å². The van der Waals surface area contributed by atoms with Crippen molar-refractivity contribution in [3.8, 4) is 0 Å². The van der Waals surface area contributed by atoms with Gasteiger partial charge in [-0.15, -0.1) is 0 Å². The summed E-state index contributed by atoms with van der Waals surface area (Å²) < 4.78 is 0. The third kappa shape index (κ3) is 5.08. The zero-order valence-electron chi connectivity index (χ0n) is 9.31. The lowest BCUT2D eigenvalue weighted by atomic mass is 9.87. The molecule has 0 saturated carbocycles. The van der Waals surface area contributed by atoms with E-state index in [1.807, 2.05) is 0 Å². The van der Waals surface area contributed by atoms with Crippen LogP contribution in [0.4, 0.5) is 0 Å². The van der Waals surface area contributed by atoms with E-state index < -0.39 is 0 Å². The molecule has 0 N–H and O–H groups in total. The van der Waals surface area contributed by atoms with Crippen molar-refractivity contribution in [1.82, 2.24) is 0 Å². The summed E-state index contributed by atoms with van der Waals surface area (Å²) in [5.41, 5.74) is 0.583. The van der Waals surface area contributed by atoms with Gasteiger partial charge in [0.1, 0.15) is 0 Å². The zero-order valence-corrected chi connectivity index (χ0v) is 10.1. The highest BCUT2D eigenvalue weighted by Crippen LogP contribution is 2.30. The lowest BCUT2D eigenvalue weighted by molar-refractivity contribution is 0.347. The third-order valence-corrected chi connectivity index (χ3v) is 4.41. The van der Waals surface area contributed by atoms with Crippen LogP contribution in [0.15, 0.2) is 0 Å². The van der Waals surface area contributed by atoms with E-state index in [4.69, 9.17) is 0 Å². The predicted octanol–water partition coefficient (Wildman–Crippen LogP) is 4.20. The van der Waals surface area contributed by atoms with Crippen LogP contribution < -0.4 is 0 Å². The molecule has 0 aromatic heterocycles. The van der Waals surface area contributed by atoms with Gasteiger partial charge in [0.25, 0.3) is 0 Å². The molecule has 0 heterocycles. The highest BCUT2D eigenvalue weighted by molar-refractivity contribution is 7.99. The van der Waals surface area contributed by atoms with Crippen molar-refractivity contribution in [2.75, 3.05) is 11.5 Å².